The number of likely N-dealkylation sites (N-methyl/N-ethyl adjacent to an activating group) is 1. The summed E-state index contributed by atoms with van der Waals surface area (Å²) in [5, 5.41) is 8.48. The zero-order valence-corrected chi connectivity index (χ0v) is 55.6. The molecule has 6 aromatic rings. The third kappa shape index (κ3) is 36.2. The number of anilines is 6. The van der Waals surface area contributed by atoms with Crippen LogP contribution in [-0.4, -0.2) is 130 Å². The molecule has 0 saturated carbocycles. The highest BCUT2D eigenvalue weighted by Crippen LogP contribution is 2.18. The van der Waals surface area contributed by atoms with Crippen molar-refractivity contribution in [2.24, 2.45) is 0 Å². The maximum Gasteiger partial charge on any atom is 0.307 e. The van der Waals surface area contributed by atoms with Crippen LogP contribution in [0.25, 0.3) is 0 Å². The van der Waals surface area contributed by atoms with Crippen molar-refractivity contribution in [2.75, 3.05) is 142 Å². The quantitative estimate of drug-likeness (QED) is 0.0220. The third-order valence-corrected chi connectivity index (χ3v) is 13.7. The molecule has 0 saturated heterocycles. The predicted molar refractivity (Wildman–Crippen MR) is 371 cm³/mol. The molecule has 6 rings (SSSR count). The first-order valence-corrected chi connectivity index (χ1v) is 32.0. The summed E-state index contributed by atoms with van der Waals surface area (Å²) < 4.78 is 19.5. The fourth-order valence-electron chi connectivity index (χ4n) is 8.96. The van der Waals surface area contributed by atoms with Crippen LogP contribution < -0.4 is 29.4 Å². The first kappa shape index (κ1) is 78.0. The zero-order chi connectivity index (χ0) is 64.7. The number of hydrogen-bond acceptors (Lipinski definition) is 14. The van der Waals surface area contributed by atoms with E-state index in [1.165, 1.54) is 69.2 Å². The van der Waals surface area contributed by atoms with E-state index in [4.69, 9.17) is 14.7 Å². The molecule has 14 heteroatoms. The summed E-state index contributed by atoms with van der Waals surface area (Å²) >= 11 is 0. The second kappa shape index (κ2) is 53.2. The van der Waals surface area contributed by atoms with Crippen LogP contribution in [0.1, 0.15) is 114 Å². The average Bonchev–Trinajstić information content (AvgIpc) is 3.66. The summed E-state index contributed by atoms with van der Waals surface area (Å²) in [5.41, 5.74) is 7.28. The minimum Gasteiger partial charge on any atom is -0.469 e. The van der Waals surface area contributed by atoms with E-state index in [0.717, 1.165) is 76.9 Å². The minimum absolute atomic E-state index is 0.128. The predicted octanol–water partition coefficient (Wildman–Crippen LogP) is 15.7. The number of carbonyl (C=O) groups excluding carboxylic acids is 3. The molecule has 0 amide bonds. The number of nitrogens with zero attached hydrogens (tertiary/aromatic N) is 7. The van der Waals surface area contributed by atoms with E-state index in [0.29, 0.717) is 39.1 Å². The SMILES string of the molecule is CCCCN(CC)c1ccccc1.CCCN(CCC)c1ccccc1.CCN(CCC#N)c1ccccc1.CCOC(=O)CCN(CC)c1ccccc1.CCOCCN(CC)c1ccccc1.COC(=O)CCN(CCC(=O)OC)c1ccccc1. The number of methoxy groups -OCH3 is 2. The largest absolute Gasteiger partial charge is 0.469 e. The van der Waals surface area contributed by atoms with Crippen molar-refractivity contribution in [3.05, 3.63) is 182 Å². The van der Waals surface area contributed by atoms with Gasteiger partial charge in [-0.3, -0.25) is 14.4 Å². The van der Waals surface area contributed by atoms with E-state index in [1.807, 2.05) is 91.5 Å². The molecule has 0 aliphatic rings. The number of nitriles is 1. The topological polar surface area (TPSA) is 131 Å². The molecule has 0 unspecified atom stereocenters. The Kier molecular flexibility index (Phi) is 47.2. The monoisotopic (exact) mass is 1210 g/mol. The molecule has 0 N–H and O–H groups in total. The van der Waals surface area contributed by atoms with Gasteiger partial charge in [-0.05, 0) is 134 Å². The maximum atomic E-state index is 11.2. The molecule has 0 radical (unpaired) electrons. The van der Waals surface area contributed by atoms with Crippen LogP contribution in [0.15, 0.2) is 182 Å². The molecule has 0 aromatic heterocycles. The Morgan fingerprint density at radius 2 is 0.648 bits per heavy atom. The Hall–Kier alpha value is -8.02. The number of rotatable bonds is 33. The Balaban J connectivity index is 0.000000531. The maximum absolute atomic E-state index is 11.2. The molecule has 0 heterocycles. The number of benzene rings is 6. The molecule has 0 bridgehead atoms. The van der Waals surface area contributed by atoms with Gasteiger partial charge in [-0.2, -0.15) is 5.26 Å². The van der Waals surface area contributed by atoms with Gasteiger partial charge in [-0.1, -0.05) is 136 Å². The lowest BCUT2D eigenvalue weighted by Gasteiger charge is -2.23. The number of carbonyl (C=O) groups is 3. The number of ether oxygens (including phenoxy) is 4. The van der Waals surface area contributed by atoms with Crippen LogP contribution in [0.4, 0.5) is 34.1 Å². The summed E-state index contributed by atoms with van der Waals surface area (Å²) in [6.07, 6.45) is 6.58. The highest BCUT2D eigenvalue weighted by atomic mass is 16.5. The molecule has 482 valence electrons. The lowest BCUT2D eigenvalue weighted by molar-refractivity contribution is -0.143. The van der Waals surface area contributed by atoms with Crippen LogP contribution >= 0.6 is 0 Å². The van der Waals surface area contributed by atoms with Crippen molar-refractivity contribution in [1.82, 2.24) is 0 Å². The second-order valence-corrected chi connectivity index (χ2v) is 20.0. The van der Waals surface area contributed by atoms with Gasteiger partial charge in [0.05, 0.1) is 59.2 Å². The Bertz CT molecular complexity index is 2570. The minimum atomic E-state index is -0.265. The van der Waals surface area contributed by atoms with E-state index in [-0.39, 0.29) is 30.7 Å². The van der Waals surface area contributed by atoms with Crippen LogP contribution in [-0.2, 0) is 33.3 Å². The molecule has 88 heavy (non-hydrogen) atoms. The van der Waals surface area contributed by atoms with Gasteiger partial charge in [0.15, 0.2) is 0 Å². The molecule has 0 fully saturated rings. The van der Waals surface area contributed by atoms with E-state index in [2.05, 4.69) is 198 Å². The molecule has 0 spiro atoms. The van der Waals surface area contributed by atoms with Crippen molar-refractivity contribution < 1.29 is 33.3 Å². The van der Waals surface area contributed by atoms with E-state index in [1.54, 1.807) is 0 Å². The molecular weight excluding hydrogens is 1100 g/mol. The molecular formula is C74H109N7O7. The van der Waals surface area contributed by atoms with Crippen LogP contribution in [0.2, 0.25) is 0 Å². The van der Waals surface area contributed by atoms with Gasteiger partial charge in [0.2, 0.25) is 0 Å². The second-order valence-electron chi connectivity index (χ2n) is 20.0. The van der Waals surface area contributed by atoms with Crippen molar-refractivity contribution in [2.45, 2.75) is 114 Å². The van der Waals surface area contributed by atoms with Crippen molar-refractivity contribution in [3.8, 4) is 6.07 Å². The average molecular weight is 1210 g/mol. The first-order chi connectivity index (χ1) is 43.0. The fourth-order valence-corrected chi connectivity index (χ4v) is 8.96. The van der Waals surface area contributed by atoms with Crippen LogP contribution in [0.3, 0.4) is 0 Å². The van der Waals surface area contributed by atoms with Crippen LogP contribution in [0.5, 0.6) is 0 Å². The van der Waals surface area contributed by atoms with Gasteiger partial charge >= 0.3 is 17.9 Å². The summed E-state index contributed by atoms with van der Waals surface area (Å²) in [5.74, 6) is -0.658. The van der Waals surface area contributed by atoms with Gasteiger partial charge in [-0.15, -0.1) is 0 Å². The van der Waals surface area contributed by atoms with E-state index in [9.17, 15) is 14.4 Å². The third-order valence-electron chi connectivity index (χ3n) is 13.7. The highest BCUT2D eigenvalue weighted by molar-refractivity contribution is 5.71. The fraction of sp³-hybridized carbons (Fsp3) is 0.459. The van der Waals surface area contributed by atoms with Crippen molar-refractivity contribution in [1.29, 1.82) is 5.26 Å². The van der Waals surface area contributed by atoms with Crippen molar-refractivity contribution >= 4 is 52.0 Å². The van der Waals surface area contributed by atoms with Gasteiger partial charge in [0.1, 0.15) is 0 Å². The number of para-hydroxylation sites is 6. The molecule has 0 aliphatic carbocycles. The van der Waals surface area contributed by atoms with Gasteiger partial charge in [-0.25, -0.2) is 0 Å². The molecule has 0 atom stereocenters. The first-order valence-electron chi connectivity index (χ1n) is 32.0. The normalized spacial score (nSPS) is 9.84. The van der Waals surface area contributed by atoms with Gasteiger partial charge in [0, 0.05) is 119 Å². The Morgan fingerprint density at radius 3 is 0.943 bits per heavy atom. The summed E-state index contributed by atoms with van der Waals surface area (Å²) in [7, 11) is 2.73. The number of unbranched alkanes of at least 4 members (excludes halogenated alkanes) is 1. The van der Waals surface area contributed by atoms with E-state index < -0.39 is 0 Å². The van der Waals surface area contributed by atoms with E-state index >= 15 is 0 Å². The standard InChI is InChI=1S/C14H19NO4.C13H19NO2.C12H19NO.2C12H19N.C11H14N2/c1-18-13(16)8-10-15(11-9-14(17)19-2)12-6-4-3-5-7-12;1-3-14(11-10-13(15)16-4-2)12-8-6-5-7-9-12;1-3-13(10-11-14-4-2)12-8-6-5-7-9-12;1-3-10-13(11-4-2)12-8-6-5-7-9-12;1-3-5-11-13(4-2)12-9-7-6-8-10-12;1-2-13(10-6-9-12)11-7-4-3-5-8-11/h3-7H,8-11H2,1-2H3;5-9H,3-4,10-11H2,1-2H3;5-9H,3-4,10-11H2,1-2H3;5-9H,3-4,10-11H2,1-2H3;6-10H,3-5,11H2,1-2H3;3-5,7-8H,2,6,10H2,1H3. The Labute approximate surface area is 532 Å². The smallest absolute Gasteiger partial charge is 0.307 e. The van der Waals surface area contributed by atoms with Crippen LogP contribution in [0, 0.1) is 11.3 Å². The Morgan fingerprint density at radius 1 is 0.352 bits per heavy atom. The number of hydrogen-bond donors (Lipinski definition) is 0. The highest BCUT2D eigenvalue weighted by Gasteiger charge is 2.13. The number of esters is 3. The summed E-state index contributed by atoms with van der Waals surface area (Å²) in [6, 6.07) is 63.8. The lowest BCUT2D eigenvalue weighted by atomic mass is 10.2. The van der Waals surface area contributed by atoms with Gasteiger partial charge in [0.25, 0.3) is 0 Å². The summed E-state index contributed by atoms with van der Waals surface area (Å²) in [4.78, 5) is 47.2. The molecule has 14 nitrogen and oxygen atoms in total. The lowest BCUT2D eigenvalue weighted by Crippen LogP contribution is -2.29. The summed E-state index contributed by atoms with van der Waals surface area (Å²) in [6.45, 7) is 32.1. The van der Waals surface area contributed by atoms with Crippen molar-refractivity contribution in [3.63, 3.8) is 0 Å². The molecule has 0 aliphatic heterocycles. The van der Waals surface area contributed by atoms with Gasteiger partial charge < -0.3 is 48.3 Å². The molecule has 6 aromatic carbocycles. The zero-order valence-electron chi connectivity index (χ0n) is 55.6.